The average molecular weight is 194 g/mol. The second-order valence-electron chi connectivity index (χ2n) is 3.41. The number of benzene rings is 1. The van der Waals surface area contributed by atoms with Crippen molar-refractivity contribution < 1.29 is 9.50 Å². The van der Waals surface area contributed by atoms with Crippen molar-refractivity contribution in [3.05, 3.63) is 47.8 Å². The molecule has 0 saturated carbocycles. The van der Waals surface area contributed by atoms with Crippen molar-refractivity contribution in [1.29, 1.82) is 0 Å². The van der Waals surface area contributed by atoms with Gasteiger partial charge >= 0.3 is 0 Å². The molecule has 0 radical (unpaired) electrons. The molecule has 2 heteroatoms. The zero-order valence-electron chi connectivity index (χ0n) is 8.33. The van der Waals surface area contributed by atoms with Gasteiger partial charge in [-0.15, -0.1) is 6.58 Å². The van der Waals surface area contributed by atoms with Crippen molar-refractivity contribution >= 4 is 0 Å². The second kappa shape index (κ2) is 4.91. The normalized spacial score (nSPS) is 12.5. The van der Waals surface area contributed by atoms with Crippen LogP contribution < -0.4 is 0 Å². The van der Waals surface area contributed by atoms with Crippen molar-refractivity contribution in [2.75, 3.05) is 0 Å². The Hall–Kier alpha value is -1.15. The van der Waals surface area contributed by atoms with E-state index in [-0.39, 0.29) is 5.82 Å². The molecule has 76 valence electrons. The van der Waals surface area contributed by atoms with Gasteiger partial charge in [-0.2, -0.15) is 0 Å². The smallest absolute Gasteiger partial charge is 0.129 e. The number of hydrogen-bond donors (Lipinski definition) is 1. The fourth-order valence-electron chi connectivity index (χ4n) is 1.35. The molecule has 0 spiro atoms. The Labute approximate surface area is 83.9 Å². The molecule has 1 atom stereocenters. The summed E-state index contributed by atoms with van der Waals surface area (Å²) in [5, 5.41) is 9.67. The largest absolute Gasteiger partial charge is 0.388 e. The molecule has 0 aromatic heterocycles. The molecule has 1 rings (SSSR count). The topological polar surface area (TPSA) is 20.2 Å². The molecule has 0 aliphatic heterocycles. The maximum Gasteiger partial charge on any atom is 0.129 e. The lowest BCUT2D eigenvalue weighted by Gasteiger charge is -2.11. The number of halogens is 1. The maximum atomic E-state index is 13.3. The molecule has 0 heterocycles. The van der Waals surface area contributed by atoms with Crippen LogP contribution in [0, 0.1) is 12.7 Å². The first-order valence-electron chi connectivity index (χ1n) is 4.70. The van der Waals surface area contributed by atoms with Gasteiger partial charge in [0, 0.05) is 5.56 Å². The zero-order valence-corrected chi connectivity index (χ0v) is 8.33. The van der Waals surface area contributed by atoms with Crippen molar-refractivity contribution in [2.24, 2.45) is 0 Å². The van der Waals surface area contributed by atoms with E-state index in [9.17, 15) is 9.50 Å². The van der Waals surface area contributed by atoms with E-state index in [4.69, 9.17) is 0 Å². The number of aliphatic hydroxyl groups excluding tert-OH is 1. The highest BCUT2D eigenvalue weighted by Gasteiger charge is 2.11. The Morgan fingerprint density at radius 3 is 2.93 bits per heavy atom. The number of allylic oxidation sites excluding steroid dienone is 1. The lowest BCUT2D eigenvalue weighted by Crippen LogP contribution is -2.00. The van der Waals surface area contributed by atoms with E-state index in [2.05, 4.69) is 6.58 Å². The summed E-state index contributed by atoms with van der Waals surface area (Å²) in [6, 6.07) is 4.77. The first kappa shape index (κ1) is 10.9. The van der Waals surface area contributed by atoms with Crippen molar-refractivity contribution in [3.63, 3.8) is 0 Å². The summed E-state index contributed by atoms with van der Waals surface area (Å²) in [5.41, 5.74) is 1.34. The third-order valence-electron chi connectivity index (χ3n) is 2.15. The van der Waals surface area contributed by atoms with Gasteiger partial charge in [-0.25, -0.2) is 4.39 Å². The van der Waals surface area contributed by atoms with Gasteiger partial charge in [0.15, 0.2) is 0 Å². The van der Waals surface area contributed by atoms with E-state index in [1.807, 2.05) is 6.92 Å². The predicted octanol–water partition coefficient (Wildman–Crippen LogP) is 3.13. The minimum Gasteiger partial charge on any atom is -0.388 e. The van der Waals surface area contributed by atoms with E-state index < -0.39 is 6.10 Å². The number of hydrogen-bond acceptors (Lipinski definition) is 1. The highest BCUT2D eigenvalue weighted by molar-refractivity contribution is 5.25. The second-order valence-corrected chi connectivity index (χ2v) is 3.41. The molecule has 0 aliphatic rings. The van der Waals surface area contributed by atoms with E-state index >= 15 is 0 Å². The van der Waals surface area contributed by atoms with Gasteiger partial charge in [0.05, 0.1) is 6.10 Å². The predicted molar refractivity (Wildman–Crippen MR) is 55.5 cm³/mol. The van der Waals surface area contributed by atoms with E-state index in [1.54, 1.807) is 18.2 Å². The van der Waals surface area contributed by atoms with Crippen LogP contribution in [0.4, 0.5) is 4.39 Å². The fraction of sp³-hybridized carbons (Fsp3) is 0.333. The van der Waals surface area contributed by atoms with E-state index in [1.165, 1.54) is 6.07 Å². The lowest BCUT2D eigenvalue weighted by atomic mass is 10.0. The monoisotopic (exact) mass is 194 g/mol. The van der Waals surface area contributed by atoms with Gasteiger partial charge in [0.2, 0.25) is 0 Å². The lowest BCUT2D eigenvalue weighted by molar-refractivity contribution is 0.164. The molecule has 0 aliphatic carbocycles. The molecule has 0 bridgehead atoms. The summed E-state index contributed by atoms with van der Waals surface area (Å²) in [6.45, 7) is 5.44. The van der Waals surface area contributed by atoms with Crippen molar-refractivity contribution in [3.8, 4) is 0 Å². The highest BCUT2D eigenvalue weighted by Crippen LogP contribution is 2.22. The van der Waals surface area contributed by atoms with Crippen molar-refractivity contribution in [1.82, 2.24) is 0 Å². The average Bonchev–Trinajstić information content (AvgIpc) is 2.18. The minimum absolute atomic E-state index is 0.341. The molecule has 1 N–H and O–H groups in total. The fourth-order valence-corrected chi connectivity index (χ4v) is 1.35. The number of aliphatic hydroxyl groups is 1. The number of aryl methyl sites for hydroxylation is 1. The minimum atomic E-state index is -0.729. The van der Waals surface area contributed by atoms with Crippen LogP contribution >= 0.6 is 0 Å². The summed E-state index contributed by atoms with van der Waals surface area (Å²) in [4.78, 5) is 0. The van der Waals surface area contributed by atoms with Crippen LogP contribution in [0.15, 0.2) is 30.9 Å². The molecule has 1 nitrogen and oxygen atoms in total. The summed E-state index contributed by atoms with van der Waals surface area (Å²) < 4.78 is 13.3. The van der Waals surface area contributed by atoms with Gasteiger partial charge in [-0.05, 0) is 25.8 Å². The molecular weight excluding hydrogens is 179 g/mol. The Kier molecular flexibility index (Phi) is 3.84. The van der Waals surface area contributed by atoms with E-state index in [0.717, 1.165) is 5.56 Å². The molecule has 1 unspecified atom stereocenters. The van der Waals surface area contributed by atoms with Crippen LogP contribution in [0.1, 0.15) is 30.1 Å². The number of rotatable bonds is 4. The quantitative estimate of drug-likeness (QED) is 0.730. The van der Waals surface area contributed by atoms with Crippen LogP contribution in [0.2, 0.25) is 0 Å². The van der Waals surface area contributed by atoms with Crippen molar-refractivity contribution in [2.45, 2.75) is 25.9 Å². The zero-order chi connectivity index (χ0) is 10.6. The summed E-state index contributed by atoms with van der Waals surface area (Å²) in [7, 11) is 0. The highest BCUT2D eigenvalue weighted by atomic mass is 19.1. The third-order valence-corrected chi connectivity index (χ3v) is 2.15. The van der Waals surface area contributed by atoms with Gasteiger partial charge < -0.3 is 5.11 Å². The van der Waals surface area contributed by atoms with Crippen LogP contribution in [-0.4, -0.2) is 5.11 Å². The first-order valence-corrected chi connectivity index (χ1v) is 4.70. The SMILES string of the molecule is C=CCCC(O)c1cc(C)ccc1F. The van der Waals surface area contributed by atoms with Crippen LogP contribution in [-0.2, 0) is 0 Å². The van der Waals surface area contributed by atoms with E-state index in [0.29, 0.717) is 18.4 Å². The van der Waals surface area contributed by atoms with Crippen LogP contribution in [0.5, 0.6) is 0 Å². The van der Waals surface area contributed by atoms with Gasteiger partial charge in [-0.3, -0.25) is 0 Å². The molecule has 0 fully saturated rings. The Morgan fingerprint density at radius 1 is 1.57 bits per heavy atom. The standard InChI is InChI=1S/C12H15FO/c1-3-4-5-12(14)10-8-9(2)6-7-11(10)13/h3,6-8,12,14H,1,4-5H2,2H3. The molecule has 1 aromatic rings. The third kappa shape index (κ3) is 2.67. The first-order chi connectivity index (χ1) is 6.65. The Balaban J connectivity index is 2.82. The van der Waals surface area contributed by atoms with Crippen LogP contribution in [0.25, 0.3) is 0 Å². The Bertz CT molecular complexity index is 320. The Morgan fingerprint density at radius 2 is 2.29 bits per heavy atom. The summed E-state index contributed by atoms with van der Waals surface area (Å²) >= 11 is 0. The van der Waals surface area contributed by atoms with Crippen LogP contribution in [0.3, 0.4) is 0 Å². The maximum absolute atomic E-state index is 13.3. The molecule has 0 saturated heterocycles. The molecular formula is C12H15FO. The van der Waals surface area contributed by atoms with Gasteiger partial charge in [-0.1, -0.05) is 23.8 Å². The van der Waals surface area contributed by atoms with Gasteiger partial charge in [0.25, 0.3) is 0 Å². The van der Waals surface area contributed by atoms with Gasteiger partial charge in [0.1, 0.15) is 5.82 Å². The molecule has 1 aromatic carbocycles. The summed E-state index contributed by atoms with van der Waals surface area (Å²) in [5.74, 6) is -0.341. The molecule has 0 amide bonds. The molecule has 14 heavy (non-hydrogen) atoms. The summed E-state index contributed by atoms with van der Waals surface area (Å²) in [6.07, 6.45) is 2.20.